The summed E-state index contributed by atoms with van der Waals surface area (Å²) in [6.45, 7) is 8.72. The molecule has 3 nitrogen and oxygen atoms in total. The summed E-state index contributed by atoms with van der Waals surface area (Å²) >= 11 is 0.295. The third-order valence-corrected chi connectivity index (χ3v) is 8.10. The van der Waals surface area contributed by atoms with E-state index in [2.05, 4.69) is 51.1 Å². The molecule has 1 saturated carbocycles. The molecule has 1 saturated heterocycles. The van der Waals surface area contributed by atoms with Crippen LogP contribution in [0.3, 0.4) is 0 Å². The van der Waals surface area contributed by atoms with Crippen LogP contribution in [0.2, 0.25) is 5.32 Å². The fraction of sp³-hybridized carbons (Fsp3) is 0.591. The summed E-state index contributed by atoms with van der Waals surface area (Å²) in [6.07, 6.45) is 7.19. The van der Waals surface area contributed by atoms with Gasteiger partial charge in [0.25, 0.3) is 0 Å². The number of amides is 1. The van der Waals surface area contributed by atoms with Crippen LogP contribution in [-0.2, 0) is 9.53 Å². The van der Waals surface area contributed by atoms with Crippen LogP contribution < -0.4 is 4.46 Å². The Morgan fingerprint density at radius 1 is 1.31 bits per heavy atom. The van der Waals surface area contributed by atoms with Crippen molar-refractivity contribution in [2.24, 2.45) is 11.8 Å². The first-order valence-corrected chi connectivity index (χ1v) is 11.8. The van der Waals surface area contributed by atoms with Crippen molar-refractivity contribution in [3.8, 4) is 0 Å². The molecule has 4 heteroatoms. The molecule has 2 aliphatic rings. The zero-order chi connectivity index (χ0) is 18.7. The van der Waals surface area contributed by atoms with E-state index in [0.717, 1.165) is 18.2 Å². The topological polar surface area (TPSA) is 29.5 Å². The van der Waals surface area contributed by atoms with Crippen molar-refractivity contribution in [2.45, 2.75) is 70.1 Å². The molecule has 1 heterocycles. The summed E-state index contributed by atoms with van der Waals surface area (Å²) in [7, 11) is 0. The van der Waals surface area contributed by atoms with Gasteiger partial charge in [0.15, 0.2) is 0 Å². The number of nitrogens with zero attached hydrogens (tertiary/aromatic N) is 1. The van der Waals surface area contributed by atoms with Crippen molar-refractivity contribution in [1.82, 2.24) is 4.90 Å². The third-order valence-electron chi connectivity index (χ3n) is 5.88. The predicted molar refractivity (Wildman–Crippen MR) is 108 cm³/mol. The van der Waals surface area contributed by atoms with Gasteiger partial charge in [0, 0.05) is 0 Å². The second kappa shape index (κ2) is 8.29. The minimum absolute atomic E-state index is 0.0865. The molecule has 0 radical (unpaired) electrons. The monoisotopic (exact) mass is 421 g/mol. The Labute approximate surface area is 164 Å². The molecule has 0 unspecified atom stereocenters. The second-order valence-corrected chi connectivity index (χ2v) is 10.4. The Bertz CT molecular complexity index is 643. The van der Waals surface area contributed by atoms with Gasteiger partial charge in [-0.3, -0.25) is 0 Å². The summed E-state index contributed by atoms with van der Waals surface area (Å²) in [6, 6.07) is 10.6. The first-order valence-electron chi connectivity index (χ1n) is 9.72. The van der Waals surface area contributed by atoms with Crippen LogP contribution >= 0.6 is 0 Å². The van der Waals surface area contributed by atoms with E-state index >= 15 is 0 Å². The number of benzene rings is 1. The van der Waals surface area contributed by atoms with Crippen molar-refractivity contribution in [1.29, 1.82) is 0 Å². The number of hydrogen-bond donors (Lipinski definition) is 0. The Morgan fingerprint density at radius 2 is 2.04 bits per heavy atom. The van der Waals surface area contributed by atoms with Crippen LogP contribution in [0.5, 0.6) is 0 Å². The SMILES string of the molecule is C/C=C/C(=O)N1[C@H](C[Se]c2ccccc2)O[C@@H]2C[C@H](C)CC[C@H]2C1(C)C. The number of hydrogen-bond acceptors (Lipinski definition) is 2. The minimum atomic E-state index is -0.170. The van der Waals surface area contributed by atoms with E-state index in [1.54, 1.807) is 6.08 Å². The van der Waals surface area contributed by atoms with Gasteiger partial charge in [-0.25, -0.2) is 0 Å². The Balaban J connectivity index is 1.84. The molecule has 1 amide bonds. The van der Waals surface area contributed by atoms with Gasteiger partial charge in [0.1, 0.15) is 0 Å². The molecular weight excluding hydrogens is 389 g/mol. The molecule has 2 fully saturated rings. The first-order chi connectivity index (χ1) is 12.4. The fourth-order valence-corrected chi connectivity index (χ4v) is 6.46. The van der Waals surface area contributed by atoms with E-state index in [9.17, 15) is 4.79 Å². The van der Waals surface area contributed by atoms with Gasteiger partial charge in [0.05, 0.1) is 0 Å². The maximum absolute atomic E-state index is 12.9. The molecule has 0 N–H and O–H groups in total. The van der Waals surface area contributed by atoms with E-state index in [1.165, 1.54) is 10.9 Å². The summed E-state index contributed by atoms with van der Waals surface area (Å²) in [5.41, 5.74) is -0.170. The van der Waals surface area contributed by atoms with Crippen LogP contribution in [0.4, 0.5) is 0 Å². The molecule has 1 aromatic rings. The number of fused-ring (bicyclic) bond motifs is 1. The second-order valence-electron chi connectivity index (χ2n) is 8.14. The first kappa shape index (κ1) is 19.7. The predicted octanol–water partition coefficient (Wildman–Crippen LogP) is 3.78. The van der Waals surface area contributed by atoms with Crippen LogP contribution in [0.1, 0.15) is 47.0 Å². The normalized spacial score (nSPS) is 31.0. The zero-order valence-corrected chi connectivity index (χ0v) is 18.1. The summed E-state index contributed by atoms with van der Waals surface area (Å²) in [5.74, 6) is 1.22. The van der Waals surface area contributed by atoms with E-state index in [0.29, 0.717) is 26.8 Å². The van der Waals surface area contributed by atoms with Gasteiger partial charge in [-0.2, -0.15) is 0 Å². The average Bonchev–Trinajstić information content (AvgIpc) is 2.60. The zero-order valence-electron chi connectivity index (χ0n) is 16.4. The molecule has 1 aliphatic heterocycles. The van der Waals surface area contributed by atoms with Crippen molar-refractivity contribution < 1.29 is 9.53 Å². The van der Waals surface area contributed by atoms with Crippen molar-refractivity contribution >= 4 is 25.3 Å². The average molecular weight is 420 g/mol. The number of rotatable bonds is 4. The standard InChI is InChI=1S/C22H31NO2Se/c1-5-9-20(24)23-21(15-26-17-10-7-6-8-11-17)25-19-14-16(2)12-13-18(19)22(23,3)4/h5-11,16,18-19,21H,12-15H2,1-4H3/b9-5+/t16-,18-,19-,21+/m1/s1. The van der Waals surface area contributed by atoms with E-state index in [4.69, 9.17) is 4.74 Å². The molecule has 0 aromatic heterocycles. The van der Waals surface area contributed by atoms with Gasteiger partial charge >= 0.3 is 164 Å². The van der Waals surface area contributed by atoms with Crippen LogP contribution in [0, 0.1) is 11.8 Å². The van der Waals surface area contributed by atoms with Gasteiger partial charge in [-0.05, 0) is 0 Å². The van der Waals surface area contributed by atoms with Crippen molar-refractivity contribution in [3.63, 3.8) is 0 Å². The van der Waals surface area contributed by atoms with Crippen LogP contribution in [0.25, 0.3) is 0 Å². The van der Waals surface area contributed by atoms with Crippen molar-refractivity contribution in [3.05, 3.63) is 42.5 Å². The number of ether oxygens (including phenoxy) is 1. The molecule has 26 heavy (non-hydrogen) atoms. The summed E-state index contributed by atoms with van der Waals surface area (Å²) in [5, 5.41) is 0.904. The number of carbonyl (C=O) groups excluding carboxylic acids is 1. The number of carbonyl (C=O) groups is 1. The molecule has 1 aliphatic carbocycles. The molecule has 4 atom stereocenters. The molecule has 1 aromatic carbocycles. The van der Waals surface area contributed by atoms with Crippen LogP contribution in [0.15, 0.2) is 42.5 Å². The fourth-order valence-electron chi connectivity index (χ4n) is 4.55. The summed E-state index contributed by atoms with van der Waals surface area (Å²) < 4.78 is 7.95. The van der Waals surface area contributed by atoms with E-state index in [1.807, 2.05) is 17.9 Å². The molecule has 0 spiro atoms. The Morgan fingerprint density at radius 3 is 2.73 bits per heavy atom. The molecule has 3 rings (SSSR count). The van der Waals surface area contributed by atoms with E-state index in [-0.39, 0.29) is 23.8 Å². The Kier molecular flexibility index (Phi) is 6.27. The van der Waals surface area contributed by atoms with Gasteiger partial charge in [-0.1, -0.05) is 0 Å². The van der Waals surface area contributed by atoms with E-state index < -0.39 is 0 Å². The van der Waals surface area contributed by atoms with Crippen molar-refractivity contribution in [2.75, 3.05) is 0 Å². The molecular formula is C22H31NO2Se. The molecule has 0 bridgehead atoms. The maximum atomic E-state index is 12.9. The summed E-state index contributed by atoms with van der Waals surface area (Å²) in [4.78, 5) is 15.0. The van der Waals surface area contributed by atoms with Gasteiger partial charge < -0.3 is 0 Å². The van der Waals surface area contributed by atoms with Crippen LogP contribution in [-0.4, -0.2) is 43.6 Å². The Hall–Kier alpha value is -1.09. The number of allylic oxidation sites excluding steroid dienone is 1. The van der Waals surface area contributed by atoms with Gasteiger partial charge in [0.2, 0.25) is 0 Å². The van der Waals surface area contributed by atoms with Gasteiger partial charge in [-0.15, -0.1) is 0 Å². The third kappa shape index (κ3) is 4.08. The molecule has 142 valence electrons. The quantitative estimate of drug-likeness (QED) is 0.548.